The van der Waals surface area contributed by atoms with Crippen molar-refractivity contribution in [1.82, 2.24) is 25.0 Å². The fourth-order valence-corrected chi connectivity index (χ4v) is 6.94. The van der Waals surface area contributed by atoms with E-state index in [2.05, 4.69) is 29.0 Å². The zero-order chi connectivity index (χ0) is 27.9. The second kappa shape index (κ2) is 8.63. The van der Waals surface area contributed by atoms with Gasteiger partial charge < -0.3 is 14.2 Å². The van der Waals surface area contributed by atoms with Crippen LogP contribution in [0, 0.1) is 16.7 Å². The molecule has 1 aliphatic carbocycles. The number of thiazole rings is 1. The Bertz CT molecular complexity index is 1620. The summed E-state index contributed by atoms with van der Waals surface area (Å²) >= 11 is 1.25. The summed E-state index contributed by atoms with van der Waals surface area (Å²) in [4.78, 5) is 34.3. The predicted octanol–water partition coefficient (Wildman–Crippen LogP) is 4.93. The van der Waals surface area contributed by atoms with Crippen molar-refractivity contribution >= 4 is 33.9 Å². The van der Waals surface area contributed by atoms with Crippen molar-refractivity contribution < 1.29 is 22.8 Å². The lowest BCUT2D eigenvalue weighted by molar-refractivity contribution is -0.146. The maximum atomic E-state index is 15.8. The fraction of sp³-hybridized carbons (Fsp3) is 0.414. The molecule has 7 rings (SSSR count). The topological polar surface area (TPSA) is 92.4 Å². The average Bonchev–Trinajstić information content (AvgIpc) is 3.46. The normalized spacial score (nSPS) is 23.0. The largest absolute Gasteiger partial charge is 0.419 e. The first kappa shape index (κ1) is 25.3. The average molecular weight is 564 g/mol. The summed E-state index contributed by atoms with van der Waals surface area (Å²) in [5.41, 5.74) is 0.833. The first-order chi connectivity index (χ1) is 19.1. The molecule has 2 atom stereocenters. The number of halogens is 2. The molecule has 0 radical (unpaired) electrons. The van der Waals surface area contributed by atoms with Gasteiger partial charge in [0.15, 0.2) is 0 Å². The number of aromatic nitrogens is 3. The van der Waals surface area contributed by atoms with Gasteiger partial charge in [0, 0.05) is 43.1 Å². The Hall–Kier alpha value is -3.73. The van der Waals surface area contributed by atoms with Crippen molar-refractivity contribution in [2.75, 3.05) is 26.2 Å². The van der Waals surface area contributed by atoms with Crippen molar-refractivity contribution in [2.45, 2.75) is 32.1 Å². The highest BCUT2D eigenvalue weighted by molar-refractivity contribution is 7.11. The van der Waals surface area contributed by atoms with Crippen molar-refractivity contribution in [1.29, 1.82) is 0 Å². The van der Waals surface area contributed by atoms with Gasteiger partial charge in [-0.2, -0.15) is 8.78 Å². The van der Waals surface area contributed by atoms with Gasteiger partial charge in [0.25, 0.3) is 11.8 Å². The molecule has 2 aromatic heterocycles. The van der Waals surface area contributed by atoms with Crippen LogP contribution in [-0.2, 0) is 10.7 Å². The van der Waals surface area contributed by atoms with Gasteiger partial charge in [-0.3, -0.25) is 14.6 Å². The molecule has 2 saturated heterocycles. The van der Waals surface area contributed by atoms with Crippen LogP contribution >= 0.6 is 11.3 Å². The highest BCUT2D eigenvalue weighted by Gasteiger charge is 2.62. The molecule has 2 aliphatic heterocycles. The molecule has 2 aromatic carbocycles. The van der Waals surface area contributed by atoms with Crippen LogP contribution in [-0.4, -0.2) is 63.0 Å². The Morgan fingerprint density at radius 2 is 1.77 bits per heavy atom. The number of carbonyl (C=O) groups is 2. The van der Waals surface area contributed by atoms with E-state index in [4.69, 9.17) is 4.42 Å². The Labute approximate surface area is 233 Å². The van der Waals surface area contributed by atoms with E-state index in [-0.39, 0.29) is 41.1 Å². The van der Waals surface area contributed by atoms with Crippen molar-refractivity contribution in [3.05, 3.63) is 76.4 Å². The third kappa shape index (κ3) is 3.85. The summed E-state index contributed by atoms with van der Waals surface area (Å²) in [5.74, 6) is -4.80. The maximum Gasteiger partial charge on any atom is 0.349 e. The summed E-state index contributed by atoms with van der Waals surface area (Å²) in [6, 6.07) is 11.7. The van der Waals surface area contributed by atoms with Crippen LogP contribution in [0.1, 0.15) is 53.2 Å². The molecule has 206 valence electrons. The number of amides is 2. The van der Waals surface area contributed by atoms with Crippen LogP contribution in [0.2, 0.25) is 0 Å². The molecule has 0 N–H and O–H groups in total. The molecule has 3 aliphatic rings. The number of nitrogens with zero attached hydrogens (tertiary/aromatic N) is 5. The van der Waals surface area contributed by atoms with Gasteiger partial charge in [0.2, 0.25) is 11.8 Å². The quantitative estimate of drug-likeness (QED) is 0.342. The van der Waals surface area contributed by atoms with Gasteiger partial charge in [0.1, 0.15) is 4.88 Å². The zero-order valence-corrected chi connectivity index (χ0v) is 22.8. The molecule has 8 nitrogen and oxygen atoms in total. The Balaban J connectivity index is 1.20. The van der Waals surface area contributed by atoms with Crippen molar-refractivity contribution in [2.24, 2.45) is 16.7 Å². The van der Waals surface area contributed by atoms with Gasteiger partial charge in [-0.15, -0.1) is 21.5 Å². The van der Waals surface area contributed by atoms with Gasteiger partial charge in [0.05, 0.1) is 17.6 Å². The lowest BCUT2D eigenvalue weighted by Gasteiger charge is -2.50. The number of rotatable bonds is 5. The van der Waals surface area contributed by atoms with Crippen molar-refractivity contribution in [3.8, 4) is 0 Å². The molecule has 11 heteroatoms. The van der Waals surface area contributed by atoms with E-state index < -0.39 is 23.1 Å². The molecule has 1 spiro atoms. The van der Waals surface area contributed by atoms with Crippen LogP contribution in [0.25, 0.3) is 10.8 Å². The van der Waals surface area contributed by atoms with Gasteiger partial charge in [-0.05, 0) is 22.6 Å². The van der Waals surface area contributed by atoms with Crippen LogP contribution in [0.3, 0.4) is 0 Å². The summed E-state index contributed by atoms with van der Waals surface area (Å²) in [7, 11) is 0. The maximum absolute atomic E-state index is 15.8. The minimum atomic E-state index is -3.52. The van der Waals surface area contributed by atoms with E-state index in [9.17, 15) is 9.59 Å². The first-order valence-electron chi connectivity index (χ1n) is 13.3. The molecule has 3 fully saturated rings. The molecule has 4 aromatic rings. The Morgan fingerprint density at radius 3 is 2.50 bits per heavy atom. The highest BCUT2D eigenvalue weighted by atomic mass is 32.1. The molecule has 4 heterocycles. The summed E-state index contributed by atoms with van der Waals surface area (Å²) in [6.45, 7) is 5.57. The fourth-order valence-electron chi connectivity index (χ4n) is 6.36. The number of hydrogen-bond donors (Lipinski definition) is 0. The number of hydrogen-bond acceptors (Lipinski definition) is 7. The van der Waals surface area contributed by atoms with E-state index in [1.807, 2.05) is 4.90 Å². The number of fused-ring (bicyclic) bond motifs is 1. The van der Waals surface area contributed by atoms with Gasteiger partial charge in [-0.1, -0.05) is 56.3 Å². The highest BCUT2D eigenvalue weighted by Crippen LogP contribution is 2.56. The van der Waals surface area contributed by atoms with Crippen LogP contribution in [0.15, 0.2) is 58.6 Å². The predicted molar refractivity (Wildman–Crippen MR) is 143 cm³/mol. The van der Waals surface area contributed by atoms with E-state index in [1.54, 1.807) is 46.8 Å². The van der Waals surface area contributed by atoms with Crippen LogP contribution in [0.4, 0.5) is 8.78 Å². The molecule has 1 saturated carbocycles. The first-order valence-corrected chi connectivity index (χ1v) is 14.1. The lowest BCUT2D eigenvalue weighted by Crippen LogP contribution is -2.62. The van der Waals surface area contributed by atoms with E-state index >= 15 is 8.78 Å². The molecular formula is C29H27F2N5O3S. The van der Waals surface area contributed by atoms with E-state index in [0.29, 0.717) is 35.3 Å². The third-order valence-electron chi connectivity index (χ3n) is 8.85. The number of likely N-dealkylation sites (tertiary alicyclic amines) is 2. The third-order valence-corrected chi connectivity index (χ3v) is 9.61. The molecule has 0 bridgehead atoms. The minimum absolute atomic E-state index is 0.00231. The van der Waals surface area contributed by atoms with Crippen molar-refractivity contribution in [3.63, 3.8) is 0 Å². The molecule has 1 unspecified atom stereocenters. The SMILES string of the molecule is CC1(C)C[C@@H]1C(=O)N1CC2(CN(C(=O)c3cncs3)CC2c2nnc(C(F)(F)c3cccc4ccccc34)o2)C1. The van der Waals surface area contributed by atoms with Crippen LogP contribution in [0.5, 0.6) is 0 Å². The smallest absolute Gasteiger partial charge is 0.349 e. The van der Waals surface area contributed by atoms with E-state index in [1.165, 1.54) is 23.6 Å². The molecular weight excluding hydrogens is 536 g/mol. The van der Waals surface area contributed by atoms with Gasteiger partial charge >= 0.3 is 5.92 Å². The zero-order valence-electron chi connectivity index (χ0n) is 22.0. The van der Waals surface area contributed by atoms with E-state index in [0.717, 1.165) is 6.42 Å². The number of carbonyl (C=O) groups excluding carboxylic acids is 2. The summed E-state index contributed by atoms with van der Waals surface area (Å²) < 4.78 is 37.4. The summed E-state index contributed by atoms with van der Waals surface area (Å²) in [6.07, 6.45) is 2.37. The second-order valence-corrected chi connectivity index (χ2v) is 12.8. The Kier molecular flexibility index (Phi) is 5.45. The lowest BCUT2D eigenvalue weighted by atomic mass is 9.71. The monoisotopic (exact) mass is 563 g/mol. The minimum Gasteiger partial charge on any atom is -0.419 e. The molecule has 2 amide bonds. The summed E-state index contributed by atoms with van der Waals surface area (Å²) in [5, 5.41) is 9.00. The Morgan fingerprint density at radius 1 is 1.05 bits per heavy atom. The standard InChI is InChI=1S/C29H27F2N5O3S/c1-27(2)10-20(27)24(37)36-14-28(15-36)13-35(25(38)22-11-32-16-40-22)12-21(28)23-33-34-26(39-23)29(30,31)19-9-5-7-17-6-3-4-8-18(17)19/h3-9,11,16,20-21H,10,12-15H2,1-2H3/t20-,21?/m1/s1. The van der Waals surface area contributed by atoms with Gasteiger partial charge in [-0.25, -0.2) is 0 Å². The second-order valence-electron chi connectivity index (χ2n) is 12.0. The number of benzene rings is 2. The van der Waals surface area contributed by atoms with Crippen LogP contribution < -0.4 is 0 Å². The number of alkyl halides is 2. The molecule has 40 heavy (non-hydrogen) atoms.